The number of carbonyl (C=O) groups is 1. The highest BCUT2D eigenvalue weighted by molar-refractivity contribution is 6.35. The van der Waals surface area contributed by atoms with E-state index < -0.39 is 5.91 Å². The Bertz CT molecular complexity index is 805. The molecule has 2 bridgehead atoms. The molecule has 3 saturated carbocycles. The molecule has 3 aliphatic rings. The fourth-order valence-corrected chi connectivity index (χ4v) is 5.46. The number of nitrogens with two attached hydrogens (primary N) is 1. The number of aliphatic hydroxyl groups excluding tert-OH is 1. The molecule has 0 spiro atoms. The van der Waals surface area contributed by atoms with Gasteiger partial charge in [0, 0.05) is 17.6 Å². The fraction of sp³-hybridized carbons (Fsp3) is 0.550. The van der Waals surface area contributed by atoms with Gasteiger partial charge < -0.3 is 15.4 Å². The molecule has 3 N–H and O–H groups in total. The number of amides is 1. The first-order valence-electron chi connectivity index (χ1n) is 9.25. The maximum atomic E-state index is 12.3. The smallest absolute Gasteiger partial charge is 0.251 e. The van der Waals surface area contributed by atoms with Gasteiger partial charge in [-0.25, -0.2) is 0 Å². The molecule has 0 unspecified atom stereocenters. The second kappa shape index (κ2) is 6.33. The van der Waals surface area contributed by atoms with Crippen molar-refractivity contribution in [3.8, 4) is 0 Å². The Morgan fingerprint density at radius 2 is 1.96 bits per heavy atom. The highest BCUT2D eigenvalue weighted by atomic mass is 35.5. The van der Waals surface area contributed by atoms with Crippen molar-refractivity contribution in [3.63, 3.8) is 0 Å². The standard InChI is InChI=1S/C20H25ClN2O2/c21-15-3-1-2-14-17(19(22)25)16(23(10-11-24)18(14)15)12-20-7-4-13(5-8-20)6-9-20/h1-3,13,24H,4-12H2,(H2,22,25). The molecule has 1 heterocycles. The highest BCUT2D eigenvalue weighted by Gasteiger charge is 2.41. The third-order valence-electron chi connectivity index (χ3n) is 6.50. The van der Waals surface area contributed by atoms with Crippen LogP contribution >= 0.6 is 11.6 Å². The summed E-state index contributed by atoms with van der Waals surface area (Å²) in [6.07, 6.45) is 8.43. The van der Waals surface area contributed by atoms with Gasteiger partial charge in [-0.2, -0.15) is 0 Å². The second-order valence-electron chi connectivity index (χ2n) is 7.86. The van der Waals surface area contributed by atoms with E-state index in [1.165, 1.54) is 38.5 Å². The van der Waals surface area contributed by atoms with Crippen LogP contribution in [0.15, 0.2) is 18.2 Å². The number of fused-ring (bicyclic) bond motifs is 4. The molecule has 1 aromatic carbocycles. The molecular weight excluding hydrogens is 336 g/mol. The van der Waals surface area contributed by atoms with E-state index in [9.17, 15) is 9.90 Å². The van der Waals surface area contributed by atoms with Crippen molar-refractivity contribution in [1.82, 2.24) is 4.57 Å². The van der Waals surface area contributed by atoms with Gasteiger partial charge in [-0.3, -0.25) is 4.79 Å². The lowest BCUT2D eigenvalue weighted by Crippen LogP contribution is -2.36. The number of aliphatic hydroxyl groups is 1. The number of hydrogen-bond acceptors (Lipinski definition) is 2. The van der Waals surface area contributed by atoms with Crippen molar-refractivity contribution in [3.05, 3.63) is 34.5 Å². The van der Waals surface area contributed by atoms with E-state index in [2.05, 4.69) is 0 Å². The van der Waals surface area contributed by atoms with Crippen molar-refractivity contribution in [2.45, 2.75) is 51.5 Å². The van der Waals surface area contributed by atoms with Crippen LogP contribution in [0.25, 0.3) is 10.9 Å². The summed E-state index contributed by atoms with van der Waals surface area (Å²) in [6.45, 7) is 0.441. The minimum atomic E-state index is -0.403. The van der Waals surface area contributed by atoms with E-state index in [1.807, 2.05) is 22.8 Å². The SMILES string of the molecule is NC(=O)c1c(CC23CCC(CC2)CC3)n(CCO)c2c(Cl)cccc12. The quantitative estimate of drug-likeness (QED) is 0.849. The lowest BCUT2D eigenvalue weighted by Gasteiger charge is -2.47. The first-order chi connectivity index (χ1) is 12.0. The van der Waals surface area contributed by atoms with Gasteiger partial charge in [0.05, 0.1) is 22.7 Å². The zero-order chi connectivity index (χ0) is 17.6. The van der Waals surface area contributed by atoms with Crippen molar-refractivity contribution in [2.24, 2.45) is 17.1 Å². The number of primary amides is 1. The number of halogens is 1. The van der Waals surface area contributed by atoms with E-state index in [0.717, 1.165) is 28.9 Å². The normalized spacial score (nSPS) is 25.6. The second-order valence-corrected chi connectivity index (χ2v) is 8.26. The molecule has 3 aliphatic carbocycles. The summed E-state index contributed by atoms with van der Waals surface area (Å²) in [6, 6.07) is 5.60. The largest absolute Gasteiger partial charge is 0.395 e. The summed E-state index contributed by atoms with van der Waals surface area (Å²) in [5.41, 5.74) is 8.43. The number of rotatable bonds is 5. The van der Waals surface area contributed by atoms with Crippen LogP contribution in [0.4, 0.5) is 0 Å². The predicted molar refractivity (Wildman–Crippen MR) is 99.9 cm³/mol. The molecule has 5 rings (SSSR count). The first kappa shape index (κ1) is 16.9. The summed E-state index contributed by atoms with van der Waals surface area (Å²) in [4.78, 5) is 12.3. The van der Waals surface area contributed by atoms with Crippen LogP contribution in [0.2, 0.25) is 5.02 Å². The summed E-state index contributed by atoms with van der Waals surface area (Å²) in [5, 5.41) is 11.0. The minimum Gasteiger partial charge on any atom is -0.395 e. The molecule has 134 valence electrons. The summed E-state index contributed by atoms with van der Waals surface area (Å²) in [7, 11) is 0. The van der Waals surface area contributed by atoms with Crippen LogP contribution in [0, 0.1) is 11.3 Å². The Kier molecular flexibility index (Phi) is 4.28. The number of nitrogens with zero attached hydrogens (tertiary/aromatic N) is 1. The highest BCUT2D eigenvalue weighted by Crippen LogP contribution is 2.52. The van der Waals surface area contributed by atoms with E-state index in [4.69, 9.17) is 17.3 Å². The summed E-state index contributed by atoms with van der Waals surface area (Å²) >= 11 is 6.45. The van der Waals surface area contributed by atoms with Gasteiger partial charge in [0.15, 0.2) is 0 Å². The number of para-hydroxylation sites is 1. The number of aromatic nitrogens is 1. The molecule has 1 amide bonds. The third kappa shape index (κ3) is 2.76. The van der Waals surface area contributed by atoms with Gasteiger partial charge >= 0.3 is 0 Å². The Labute approximate surface area is 152 Å². The van der Waals surface area contributed by atoms with Crippen molar-refractivity contribution >= 4 is 28.4 Å². The average molecular weight is 361 g/mol. The third-order valence-corrected chi connectivity index (χ3v) is 6.81. The molecule has 0 aliphatic heterocycles. The molecule has 2 aromatic rings. The Balaban J connectivity index is 1.89. The Hall–Kier alpha value is -1.52. The van der Waals surface area contributed by atoms with E-state index in [-0.39, 0.29) is 12.0 Å². The average Bonchev–Trinajstić information content (AvgIpc) is 2.91. The Morgan fingerprint density at radius 1 is 1.28 bits per heavy atom. The topological polar surface area (TPSA) is 68.2 Å². The molecule has 0 atom stereocenters. The van der Waals surface area contributed by atoms with Crippen LogP contribution in [-0.4, -0.2) is 22.2 Å². The molecule has 3 fully saturated rings. The van der Waals surface area contributed by atoms with E-state index in [0.29, 0.717) is 17.1 Å². The molecule has 1 aromatic heterocycles. The van der Waals surface area contributed by atoms with Gasteiger partial charge in [-0.05, 0) is 62.3 Å². The lowest BCUT2D eigenvalue weighted by atomic mass is 9.59. The molecule has 25 heavy (non-hydrogen) atoms. The van der Waals surface area contributed by atoms with Gasteiger partial charge in [0.2, 0.25) is 0 Å². The molecule has 0 saturated heterocycles. The van der Waals surface area contributed by atoms with Crippen LogP contribution < -0.4 is 5.73 Å². The predicted octanol–water partition coefficient (Wildman–Crippen LogP) is 3.90. The maximum Gasteiger partial charge on any atom is 0.251 e. The van der Waals surface area contributed by atoms with Crippen LogP contribution in [-0.2, 0) is 13.0 Å². The zero-order valence-corrected chi connectivity index (χ0v) is 15.2. The van der Waals surface area contributed by atoms with Gasteiger partial charge in [-0.1, -0.05) is 23.7 Å². The van der Waals surface area contributed by atoms with Crippen LogP contribution in [0.5, 0.6) is 0 Å². The fourth-order valence-electron chi connectivity index (χ4n) is 5.18. The van der Waals surface area contributed by atoms with Crippen molar-refractivity contribution in [2.75, 3.05) is 6.61 Å². The first-order valence-corrected chi connectivity index (χ1v) is 9.63. The molecular formula is C20H25ClN2O2. The van der Waals surface area contributed by atoms with E-state index >= 15 is 0 Å². The Morgan fingerprint density at radius 3 is 2.56 bits per heavy atom. The maximum absolute atomic E-state index is 12.3. The van der Waals surface area contributed by atoms with Crippen molar-refractivity contribution in [1.29, 1.82) is 0 Å². The van der Waals surface area contributed by atoms with Crippen LogP contribution in [0.1, 0.15) is 54.6 Å². The van der Waals surface area contributed by atoms with Gasteiger partial charge in [0.25, 0.3) is 5.91 Å². The number of hydrogen-bond donors (Lipinski definition) is 2. The van der Waals surface area contributed by atoms with E-state index in [1.54, 1.807) is 0 Å². The summed E-state index contributed by atoms with van der Waals surface area (Å²) < 4.78 is 2.03. The molecule has 0 radical (unpaired) electrons. The van der Waals surface area contributed by atoms with Gasteiger partial charge in [0.1, 0.15) is 0 Å². The number of benzene rings is 1. The monoisotopic (exact) mass is 360 g/mol. The molecule has 5 heteroatoms. The van der Waals surface area contributed by atoms with Crippen LogP contribution in [0.3, 0.4) is 0 Å². The number of carbonyl (C=O) groups excluding carboxylic acids is 1. The minimum absolute atomic E-state index is 0.00921. The van der Waals surface area contributed by atoms with Crippen molar-refractivity contribution < 1.29 is 9.90 Å². The molecule has 4 nitrogen and oxygen atoms in total. The lowest BCUT2D eigenvalue weighted by molar-refractivity contribution is 0.0631. The zero-order valence-electron chi connectivity index (χ0n) is 14.4. The van der Waals surface area contributed by atoms with Gasteiger partial charge in [-0.15, -0.1) is 0 Å². The summed E-state index contributed by atoms with van der Waals surface area (Å²) in [5.74, 6) is 0.495.